The first-order valence-electron chi connectivity index (χ1n) is 8.71. The summed E-state index contributed by atoms with van der Waals surface area (Å²) in [4.78, 5) is 10.9. The topological polar surface area (TPSA) is 102 Å². The molecule has 1 saturated heterocycles. The minimum Gasteiger partial charge on any atom is -0.492 e. The van der Waals surface area contributed by atoms with Gasteiger partial charge in [-0.1, -0.05) is 12.1 Å². The third-order valence-corrected chi connectivity index (χ3v) is 6.22. The second kappa shape index (κ2) is 7.93. The number of nitro groups is 1. The lowest BCUT2D eigenvalue weighted by Gasteiger charge is -2.16. The molecule has 0 aliphatic carbocycles. The van der Waals surface area contributed by atoms with Crippen molar-refractivity contribution < 1.29 is 18.1 Å². The maximum absolute atomic E-state index is 12.7. The lowest BCUT2D eigenvalue weighted by atomic mass is 10.2. The number of benzene rings is 2. The Morgan fingerprint density at radius 1 is 1.15 bits per heavy atom. The number of rotatable bonds is 7. The molecular formula is C18H21N3O5S. The fraction of sp³-hybridized carbons (Fsp3) is 0.333. The van der Waals surface area contributed by atoms with Crippen LogP contribution in [0.25, 0.3) is 0 Å². The van der Waals surface area contributed by atoms with E-state index in [-0.39, 0.29) is 16.3 Å². The van der Waals surface area contributed by atoms with Gasteiger partial charge in [-0.3, -0.25) is 10.1 Å². The molecule has 0 aromatic heterocycles. The van der Waals surface area contributed by atoms with Gasteiger partial charge in [-0.2, -0.15) is 4.31 Å². The van der Waals surface area contributed by atoms with Crippen LogP contribution in [0.4, 0.5) is 17.1 Å². The molecule has 8 nitrogen and oxygen atoms in total. The first-order valence-corrected chi connectivity index (χ1v) is 10.1. The zero-order chi connectivity index (χ0) is 19.4. The minimum atomic E-state index is -3.72. The highest BCUT2D eigenvalue weighted by molar-refractivity contribution is 7.89. The van der Waals surface area contributed by atoms with Crippen molar-refractivity contribution in [2.24, 2.45) is 0 Å². The molecule has 2 aromatic rings. The van der Waals surface area contributed by atoms with E-state index >= 15 is 0 Å². The molecule has 1 N–H and O–H groups in total. The molecule has 0 atom stereocenters. The highest BCUT2D eigenvalue weighted by Gasteiger charge is 2.29. The molecule has 9 heteroatoms. The van der Waals surface area contributed by atoms with Crippen molar-refractivity contribution in [2.75, 3.05) is 25.0 Å². The van der Waals surface area contributed by atoms with E-state index in [2.05, 4.69) is 5.32 Å². The standard InChI is InChI=1S/C18H21N3O5S/c1-2-26-18-8-4-3-7-16(18)19-15-10-9-14(13-17(15)21(22)23)27(24,25)20-11-5-6-12-20/h3-4,7-10,13,19H,2,5-6,11-12H2,1H3. The number of hydrogen-bond acceptors (Lipinski definition) is 6. The number of nitrogens with zero attached hydrogens (tertiary/aromatic N) is 2. The van der Waals surface area contributed by atoms with Gasteiger partial charge in [-0.25, -0.2) is 8.42 Å². The summed E-state index contributed by atoms with van der Waals surface area (Å²) in [6, 6.07) is 11.0. The number of para-hydroxylation sites is 2. The second-order valence-electron chi connectivity index (χ2n) is 6.10. The third-order valence-electron chi connectivity index (χ3n) is 4.32. The Bertz CT molecular complexity index is 940. The quantitative estimate of drug-likeness (QED) is 0.572. The average molecular weight is 391 g/mol. The van der Waals surface area contributed by atoms with Crippen molar-refractivity contribution in [2.45, 2.75) is 24.7 Å². The number of anilines is 2. The largest absolute Gasteiger partial charge is 0.492 e. The van der Waals surface area contributed by atoms with Gasteiger partial charge in [-0.15, -0.1) is 0 Å². The monoisotopic (exact) mass is 391 g/mol. The van der Waals surface area contributed by atoms with Crippen LogP contribution in [-0.2, 0) is 10.0 Å². The molecule has 144 valence electrons. The highest BCUT2D eigenvalue weighted by atomic mass is 32.2. The molecular weight excluding hydrogens is 370 g/mol. The molecule has 0 bridgehead atoms. The molecule has 1 aliphatic rings. The molecule has 1 aliphatic heterocycles. The van der Waals surface area contributed by atoms with Crippen molar-refractivity contribution in [1.82, 2.24) is 4.31 Å². The maximum Gasteiger partial charge on any atom is 0.294 e. The fourth-order valence-electron chi connectivity index (χ4n) is 3.00. The third kappa shape index (κ3) is 4.04. The van der Waals surface area contributed by atoms with Gasteiger partial charge < -0.3 is 10.1 Å². The molecule has 2 aromatic carbocycles. The van der Waals surface area contributed by atoms with Gasteiger partial charge in [0.1, 0.15) is 11.4 Å². The number of ether oxygens (including phenoxy) is 1. The fourth-order valence-corrected chi connectivity index (χ4v) is 4.54. The molecule has 0 unspecified atom stereocenters. The zero-order valence-corrected chi connectivity index (χ0v) is 15.7. The van der Waals surface area contributed by atoms with Crippen molar-refractivity contribution in [3.05, 3.63) is 52.6 Å². The number of sulfonamides is 1. The van der Waals surface area contributed by atoms with E-state index in [9.17, 15) is 18.5 Å². The van der Waals surface area contributed by atoms with E-state index in [1.165, 1.54) is 16.4 Å². The molecule has 1 heterocycles. The smallest absolute Gasteiger partial charge is 0.294 e. The van der Waals surface area contributed by atoms with E-state index in [1.54, 1.807) is 24.3 Å². The van der Waals surface area contributed by atoms with Gasteiger partial charge in [-0.05, 0) is 44.0 Å². The summed E-state index contributed by atoms with van der Waals surface area (Å²) in [5, 5.41) is 14.5. The number of hydrogen-bond donors (Lipinski definition) is 1. The van der Waals surface area contributed by atoms with Crippen molar-refractivity contribution in [1.29, 1.82) is 0 Å². The normalized spacial score (nSPS) is 14.9. The first-order chi connectivity index (χ1) is 12.9. The Hall–Kier alpha value is -2.65. The summed E-state index contributed by atoms with van der Waals surface area (Å²) in [5.74, 6) is 0.558. The molecule has 0 radical (unpaired) electrons. The Balaban J connectivity index is 1.97. The Kier molecular flexibility index (Phi) is 5.62. The van der Waals surface area contributed by atoms with Crippen LogP contribution in [0.3, 0.4) is 0 Å². The summed E-state index contributed by atoms with van der Waals surface area (Å²) in [6.45, 7) is 3.18. The molecule has 0 amide bonds. The van der Waals surface area contributed by atoms with Crippen LogP contribution in [0, 0.1) is 10.1 Å². The van der Waals surface area contributed by atoms with Crippen LogP contribution in [-0.4, -0.2) is 37.3 Å². The van der Waals surface area contributed by atoms with Gasteiger partial charge in [0.2, 0.25) is 10.0 Å². The molecule has 0 spiro atoms. The van der Waals surface area contributed by atoms with E-state index in [4.69, 9.17) is 4.74 Å². The zero-order valence-electron chi connectivity index (χ0n) is 14.9. The molecule has 3 rings (SSSR count). The molecule has 27 heavy (non-hydrogen) atoms. The number of nitro benzene ring substituents is 1. The van der Waals surface area contributed by atoms with Crippen LogP contribution in [0.5, 0.6) is 5.75 Å². The van der Waals surface area contributed by atoms with E-state index in [0.717, 1.165) is 18.9 Å². The molecule has 0 saturated carbocycles. The first kappa shape index (κ1) is 19.1. The van der Waals surface area contributed by atoms with E-state index in [1.807, 2.05) is 6.92 Å². The predicted octanol–water partition coefficient (Wildman–Crippen LogP) is 3.52. The van der Waals surface area contributed by atoms with Crippen LogP contribution in [0.1, 0.15) is 19.8 Å². The summed E-state index contributed by atoms with van der Waals surface area (Å²) < 4.78 is 32.2. The van der Waals surface area contributed by atoms with Crippen LogP contribution >= 0.6 is 0 Å². The lowest BCUT2D eigenvalue weighted by molar-refractivity contribution is -0.384. The maximum atomic E-state index is 12.7. The Morgan fingerprint density at radius 3 is 2.52 bits per heavy atom. The average Bonchev–Trinajstić information content (AvgIpc) is 3.19. The summed E-state index contributed by atoms with van der Waals surface area (Å²) in [5.41, 5.74) is 0.465. The van der Waals surface area contributed by atoms with Crippen molar-refractivity contribution in [3.63, 3.8) is 0 Å². The Labute approximate surface area is 158 Å². The lowest BCUT2D eigenvalue weighted by Crippen LogP contribution is -2.27. The van der Waals surface area contributed by atoms with E-state index in [0.29, 0.717) is 31.1 Å². The van der Waals surface area contributed by atoms with Crippen LogP contribution in [0.2, 0.25) is 0 Å². The van der Waals surface area contributed by atoms with Gasteiger partial charge in [0.25, 0.3) is 5.69 Å². The van der Waals surface area contributed by atoms with Gasteiger partial charge in [0.15, 0.2) is 0 Å². The Morgan fingerprint density at radius 2 is 1.85 bits per heavy atom. The van der Waals surface area contributed by atoms with Crippen molar-refractivity contribution in [3.8, 4) is 5.75 Å². The second-order valence-corrected chi connectivity index (χ2v) is 8.04. The summed E-state index contributed by atoms with van der Waals surface area (Å²) in [7, 11) is -3.72. The van der Waals surface area contributed by atoms with Gasteiger partial charge >= 0.3 is 0 Å². The van der Waals surface area contributed by atoms with Gasteiger partial charge in [0, 0.05) is 19.2 Å². The highest BCUT2D eigenvalue weighted by Crippen LogP contribution is 2.34. The molecule has 1 fully saturated rings. The van der Waals surface area contributed by atoms with E-state index < -0.39 is 14.9 Å². The van der Waals surface area contributed by atoms with Crippen LogP contribution in [0.15, 0.2) is 47.4 Å². The van der Waals surface area contributed by atoms with Gasteiger partial charge in [0.05, 0.1) is 22.1 Å². The van der Waals surface area contributed by atoms with Crippen LogP contribution < -0.4 is 10.1 Å². The predicted molar refractivity (Wildman–Crippen MR) is 102 cm³/mol. The van der Waals surface area contributed by atoms with Crippen molar-refractivity contribution >= 4 is 27.1 Å². The minimum absolute atomic E-state index is 0.0697. The summed E-state index contributed by atoms with van der Waals surface area (Å²) in [6.07, 6.45) is 1.60. The SMILES string of the molecule is CCOc1ccccc1Nc1ccc(S(=O)(=O)N2CCCC2)cc1[N+](=O)[O-]. The summed E-state index contributed by atoms with van der Waals surface area (Å²) >= 11 is 0. The number of nitrogens with one attached hydrogen (secondary N) is 1.